The standard InChI is InChI=1S/C23H21F3N4O4S/c1-15(31)30(22-27-18-4-2-3-5-21(18)35-22)34-20-7-6-16(14-17(20)23(24,25)26)19(32)8-9-28-10-12-29(33)13-11-28/h2-9,14,33H,10-13H2,1H3/b9-8+. The molecule has 1 amide bonds. The predicted octanol–water partition coefficient (Wildman–Crippen LogP) is 4.37. The van der Waals surface area contributed by atoms with Gasteiger partial charge in [0.1, 0.15) is 5.56 Å². The van der Waals surface area contributed by atoms with Crippen molar-refractivity contribution in [3.63, 3.8) is 0 Å². The molecule has 2 heterocycles. The lowest BCUT2D eigenvalue weighted by Crippen LogP contribution is -2.42. The molecule has 0 spiro atoms. The van der Waals surface area contributed by atoms with Crippen molar-refractivity contribution >= 4 is 38.4 Å². The quantitative estimate of drug-likeness (QED) is 0.302. The monoisotopic (exact) mass is 506 g/mol. The molecule has 1 aliphatic rings. The van der Waals surface area contributed by atoms with Gasteiger partial charge in [0.2, 0.25) is 5.13 Å². The van der Waals surface area contributed by atoms with E-state index in [0.29, 0.717) is 42.8 Å². The fraction of sp³-hybridized carbons (Fsp3) is 0.261. The van der Waals surface area contributed by atoms with Crippen molar-refractivity contribution in [2.24, 2.45) is 0 Å². The average Bonchev–Trinajstić information content (AvgIpc) is 3.25. The number of piperazine rings is 1. The van der Waals surface area contributed by atoms with Crippen LogP contribution in [0, 0.1) is 0 Å². The third-order valence-electron chi connectivity index (χ3n) is 5.23. The Morgan fingerprint density at radius 3 is 2.51 bits per heavy atom. The number of para-hydroxylation sites is 1. The molecule has 0 aliphatic carbocycles. The number of aromatic nitrogens is 1. The first-order valence-corrected chi connectivity index (χ1v) is 11.4. The normalized spacial score (nSPS) is 15.1. The predicted molar refractivity (Wildman–Crippen MR) is 123 cm³/mol. The van der Waals surface area contributed by atoms with Gasteiger partial charge in [0.25, 0.3) is 5.91 Å². The highest BCUT2D eigenvalue weighted by Crippen LogP contribution is 2.38. The van der Waals surface area contributed by atoms with Crippen molar-refractivity contribution in [2.45, 2.75) is 13.1 Å². The summed E-state index contributed by atoms with van der Waals surface area (Å²) in [7, 11) is 0. The second-order valence-electron chi connectivity index (χ2n) is 7.75. The maximum Gasteiger partial charge on any atom is 0.420 e. The molecule has 0 saturated carbocycles. The molecule has 1 fully saturated rings. The molecule has 1 N–H and O–H groups in total. The second kappa shape index (κ2) is 10.0. The molecule has 4 rings (SSSR count). The highest BCUT2D eigenvalue weighted by atomic mass is 32.1. The molecule has 3 aromatic rings. The summed E-state index contributed by atoms with van der Waals surface area (Å²) in [6.45, 7) is 2.90. The highest BCUT2D eigenvalue weighted by Gasteiger charge is 2.36. The van der Waals surface area contributed by atoms with Crippen molar-refractivity contribution in [2.75, 3.05) is 31.2 Å². The lowest BCUT2D eigenvalue weighted by atomic mass is 10.1. The van der Waals surface area contributed by atoms with Crippen molar-refractivity contribution < 1.29 is 32.8 Å². The van der Waals surface area contributed by atoms with Crippen LogP contribution in [0.4, 0.5) is 18.3 Å². The van der Waals surface area contributed by atoms with Gasteiger partial charge >= 0.3 is 6.18 Å². The van der Waals surface area contributed by atoms with Crippen LogP contribution in [0.25, 0.3) is 10.2 Å². The number of alkyl halides is 3. The molecule has 0 atom stereocenters. The number of anilines is 1. The van der Waals surface area contributed by atoms with Crippen LogP contribution in [0.5, 0.6) is 5.75 Å². The van der Waals surface area contributed by atoms with Gasteiger partial charge in [0.15, 0.2) is 11.5 Å². The Bertz CT molecular complexity index is 1240. The Kier molecular flexibility index (Phi) is 7.05. The van der Waals surface area contributed by atoms with E-state index in [1.165, 1.54) is 18.3 Å². The Morgan fingerprint density at radius 1 is 1.14 bits per heavy atom. The molecule has 1 aromatic heterocycles. The van der Waals surface area contributed by atoms with E-state index in [4.69, 9.17) is 4.84 Å². The fourth-order valence-electron chi connectivity index (χ4n) is 3.40. The summed E-state index contributed by atoms with van der Waals surface area (Å²) in [6, 6.07) is 9.94. The maximum absolute atomic E-state index is 13.9. The van der Waals surface area contributed by atoms with Crippen LogP contribution in [0.2, 0.25) is 0 Å². The molecule has 184 valence electrons. The van der Waals surface area contributed by atoms with Crippen molar-refractivity contribution in [3.8, 4) is 5.75 Å². The Labute approximate surface area is 202 Å². The first-order chi connectivity index (χ1) is 16.6. The Hall–Kier alpha value is -3.48. The van der Waals surface area contributed by atoms with Crippen LogP contribution in [0.1, 0.15) is 22.8 Å². The number of rotatable bonds is 6. The number of amides is 1. The summed E-state index contributed by atoms with van der Waals surface area (Å²) in [5.41, 5.74) is -0.805. The first kappa shape index (κ1) is 24.6. The van der Waals surface area contributed by atoms with Crippen LogP contribution >= 0.6 is 11.3 Å². The summed E-state index contributed by atoms with van der Waals surface area (Å²) < 4.78 is 42.3. The first-order valence-electron chi connectivity index (χ1n) is 10.6. The zero-order valence-corrected chi connectivity index (χ0v) is 19.3. The maximum atomic E-state index is 13.9. The van der Waals surface area contributed by atoms with Crippen LogP contribution < -0.4 is 9.90 Å². The largest absolute Gasteiger partial charge is 0.420 e. The SMILES string of the molecule is CC(=O)N(Oc1ccc(C(=O)/C=C/N2CCN(O)CC2)cc1C(F)(F)F)c1nc2ccccc2s1. The second-order valence-corrected chi connectivity index (χ2v) is 8.76. The van der Waals surface area contributed by atoms with Gasteiger partial charge in [-0.1, -0.05) is 23.5 Å². The average molecular weight is 507 g/mol. The molecule has 0 bridgehead atoms. The lowest BCUT2D eigenvalue weighted by molar-refractivity contribution is -0.139. The van der Waals surface area contributed by atoms with Gasteiger partial charge in [0, 0.05) is 50.9 Å². The minimum atomic E-state index is -4.84. The fourth-order valence-corrected chi connectivity index (χ4v) is 4.35. The molecule has 0 radical (unpaired) electrons. The number of fused-ring (bicyclic) bond motifs is 1. The number of allylic oxidation sites excluding steroid dienone is 1. The highest BCUT2D eigenvalue weighted by molar-refractivity contribution is 7.22. The van der Waals surface area contributed by atoms with Crippen molar-refractivity contribution in [3.05, 3.63) is 65.9 Å². The third-order valence-corrected chi connectivity index (χ3v) is 6.23. The van der Waals surface area contributed by atoms with Crippen LogP contribution in [0.3, 0.4) is 0 Å². The minimum Gasteiger partial charge on any atom is -0.374 e. The molecule has 35 heavy (non-hydrogen) atoms. The number of carbonyl (C=O) groups is 2. The lowest BCUT2D eigenvalue weighted by Gasteiger charge is -2.29. The van der Waals surface area contributed by atoms with Gasteiger partial charge in [-0.25, -0.2) is 4.98 Å². The molecule has 0 unspecified atom stereocenters. The molecule has 8 nitrogen and oxygen atoms in total. The number of hydrogen-bond donors (Lipinski definition) is 1. The topological polar surface area (TPSA) is 86.2 Å². The van der Waals surface area contributed by atoms with E-state index in [1.54, 1.807) is 29.2 Å². The number of thiazole rings is 1. The number of ketones is 1. The molecular weight excluding hydrogens is 485 g/mol. The number of nitrogens with zero attached hydrogens (tertiary/aromatic N) is 4. The van der Waals surface area contributed by atoms with E-state index in [9.17, 15) is 28.0 Å². The summed E-state index contributed by atoms with van der Waals surface area (Å²) in [5.74, 6) is -1.92. The Balaban J connectivity index is 1.59. The Morgan fingerprint density at radius 2 is 1.86 bits per heavy atom. The van der Waals surface area contributed by atoms with E-state index in [1.807, 2.05) is 0 Å². The minimum absolute atomic E-state index is 0.0814. The van der Waals surface area contributed by atoms with E-state index in [0.717, 1.165) is 34.1 Å². The summed E-state index contributed by atoms with van der Waals surface area (Å²) in [4.78, 5) is 36.2. The van der Waals surface area contributed by atoms with Crippen LogP contribution in [-0.4, -0.2) is 58.0 Å². The number of hydroxylamine groups is 3. The van der Waals surface area contributed by atoms with Gasteiger partial charge in [-0.15, -0.1) is 5.06 Å². The molecular formula is C23H21F3N4O4S. The van der Waals surface area contributed by atoms with Gasteiger partial charge in [-0.05, 0) is 30.3 Å². The van der Waals surface area contributed by atoms with Gasteiger partial charge < -0.3 is 14.9 Å². The van der Waals surface area contributed by atoms with E-state index < -0.39 is 29.2 Å². The molecule has 12 heteroatoms. The third kappa shape index (κ3) is 5.78. The van der Waals surface area contributed by atoms with Gasteiger partial charge in [-0.2, -0.15) is 18.2 Å². The van der Waals surface area contributed by atoms with Crippen molar-refractivity contribution in [1.29, 1.82) is 0 Å². The summed E-state index contributed by atoms with van der Waals surface area (Å²) in [5, 5.41) is 11.3. The van der Waals surface area contributed by atoms with Crippen molar-refractivity contribution in [1.82, 2.24) is 14.9 Å². The van der Waals surface area contributed by atoms with E-state index in [2.05, 4.69) is 4.98 Å². The number of halogens is 3. The smallest absolute Gasteiger partial charge is 0.374 e. The van der Waals surface area contributed by atoms with E-state index in [-0.39, 0.29) is 10.7 Å². The molecule has 2 aromatic carbocycles. The number of benzene rings is 2. The zero-order chi connectivity index (χ0) is 25.2. The zero-order valence-electron chi connectivity index (χ0n) is 18.5. The molecule has 1 saturated heterocycles. The molecule has 1 aliphatic heterocycles. The van der Waals surface area contributed by atoms with Gasteiger partial charge in [-0.3, -0.25) is 9.59 Å². The van der Waals surface area contributed by atoms with Gasteiger partial charge in [0.05, 0.1) is 10.2 Å². The number of carbonyl (C=O) groups excluding carboxylic acids is 2. The summed E-state index contributed by atoms with van der Waals surface area (Å²) in [6.07, 6.45) is -2.16. The number of hydrogen-bond acceptors (Lipinski definition) is 8. The van der Waals surface area contributed by atoms with Crippen LogP contribution in [-0.2, 0) is 11.0 Å². The summed E-state index contributed by atoms with van der Waals surface area (Å²) >= 11 is 1.10. The van der Waals surface area contributed by atoms with E-state index >= 15 is 0 Å². The van der Waals surface area contributed by atoms with Crippen LogP contribution in [0.15, 0.2) is 54.7 Å².